The van der Waals surface area contributed by atoms with Crippen LogP contribution in [-0.2, 0) is 4.79 Å². The molecule has 0 radical (unpaired) electrons. The molecule has 0 saturated carbocycles. The molecule has 0 spiro atoms. The third-order valence-electron chi connectivity index (χ3n) is 4.74. The number of likely N-dealkylation sites (tertiary alicyclic amines) is 1. The first-order chi connectivity index (χ1) is 11.6. The van der Waals surface area contributed by atoms with E-state index in [1.54, 1.807) is 0 Å². The van der Waals surface area contributed by atoms with Crippen molar-refractivity contribution in [1.29, 1.82) is 0 Å². The Balaban J connectivity index is 0.00000312. The van der Waals surface area contributed by atoms with Crippen molar-refractivity contribution in [2.45, 2.75) is 38.1 Å². The van der Waals surface area contributed by atoms with Crippen molar-refractivity contribution in [3.8, 4) is 0 Å². The molecule has 2 rings (SSSR count). The summed E-state index contributed by atoms with van der Waals surface area (Å²) in [6, 6.07) is 8.96. The van der Waals surface area contributed by atoms with Gasteiger partial charge in [-0.3, -0.25) is 4.79 Å². The molecule has 7 heteroatoms. The van der Waals surface area contributed by atoms with E-state index in [9.17, 15) is 9.59 Å². The molecule has 0 bridgehead atoms. The number of carbonyl (C=O) groups excluding carboxylic acids is 2. The molecule has 3 atom stereocenters. The number of unbranched alkanes of at least 4 members (excludes halogenated alkanes) is 1. The SMILES string of the molecule is CCCCC(NC(N)=O)C(=O)N1C[C@@H](CN)[C@H](c2ccccc2)C1.Cl. The Labute approximate surface area is 155 Å². The maximum absolute atomic E-state index is 12.8. The minimum Gasteiger partial charge on any atom is -0.352 e. The first-order valence-corrected chi connectivity index (χ1v) is 8.66. The van der Waals surface area contributed by atoms with Crippen LogP contribution >= 0.6 is 12.4 Å². The second kappa shape index (κ2) is 10.3. The second-order valence-electron chi connectivity index (χ2n) is 6.46. The summed E-state index contributed by atoms with van der Waals surface area (Å²) in [5.74, 6) is 0.413. The highest BCUT2D eigenvalue weighted by Gasteiger charge is 2.37. The molecular formula is C18H29ClN4O2. The molecule has 1 aliphatic rings. The minimum atomic E-state index is -0.654. The molecule has 25 heavy (non-hydrogen) atoms. The van der Waals surface area contributed by atoms with Crippen LogP contribution in [0.3, 0.4) is 0 Å². The van der Waals surface area contributed by atoms with Gasteiger partial charge in [-0.2, -0.15) is 0 Å². The number of nitrogens with one attached hydrogen (secondary N) is 1. The second-order valence-corrected chi connectivity index (χ2v) is 6.46. The van der Waals surface area contributed by atoms with Crippen LogP contribution in [0.25, 0.3) is 0 Å². The van der Waals surface area contributed by atoms with E-state index < -0.39 is 12.1 Å². The lowest BCUT2D eigenvalue weighted by Crippen LogP contribution is -2.49. The third kappa shape index (κ3) is 5.61. The van der Waals surface area contributed by atoms with Crippen molar-refractivity contribution in [2.24, 2.45) is 17.4 Å². The summed E-state index contributed by atoms with van der Waals surface area (Å²) >= 11 is 0. The van der Waals surface area contributed by atoms with E-state index in [0.29, 0.717) is 26.1 Å². The van der Waals surface area contributed by atoms with E-state index in [4.69, 9.17) is 11.5 Å². The first-order valence-electron chi connectivity index (χ1n) is 8.66. The van der Waals surface area contributed by atoms with Gasteiger partial charge < -0.3 is 21.7 Å². The Morgan fingerprint density at radius 3 is 2.52 bits per heavy atom. The van der Waals surface area contributed by atoms with E-state index in [0.717, 1.165) is 12.8 Å². The van der Waals surface area contributed by atoms with Crippen molar-refractivity contribution in [1.82, 2.24) is 10.2 Å². The molecule has 1 aliphatic heterocycles. The molecule has 140 valence electrons. The fraction of sp³-hybridized carbons (Fsp3) is 0.556. The van der Waals surface area contributed by atoms with Crippen LogP contribution in [0.4, 0.5) is 4.79 Å². The van der Waals surface area contributed by atoms with E-state index in [2.05, 4.69) is 24.4 Å². The van der Waals surface area contributed by atoms with Crippen molar-refractivity contribution >= 4 is 24.3 Å². The van der Waals surface area contributed by atoms with Crippen LogP contribution in [-0.4, -0.2) is 42.5 Å². The molecule has 0 aromatic heterocycles. The summed E-state index contributed by atoms with van der Waals surface area (Å²) in [6.07, 6.45) is 2.44. The fourth-order valence-electron chi connectivity index (χ4n) is 3.43. The van der Waals surface area contributed by atoms with Crippen molar-refractivity contribution in [3.63, 3.8) is 0 Å². The Morgan fingerprint density at radius 2 is 1.96 bits per heavy atom. The molecule has 6 nitrogen and oxygen atoms in total. The average Bonchev–Trinajstić information content (AvgIpc) is 3.02. The zero-order chi connectivity index (χ0) is 17.5. The quantitative estimate of drug-likeness (QED) is 0.684. The number of carbonyl (C=O) groups is 2. The highest BCUT2D eigenvalue weighted by Crippen LogP contribution is 2.32. The topological polar surface area (TPSA) is 101 Å². The van der Waals surface area contributed by atoms with Gasteiger partial charge in [0.1, 0.15) is 6.04 Å². The van der Waals surface area contributed by atoms with Gasteiger partial charge in [-0.15, -0.1) is 12.4 Å². The zero-order valence-electron chi connectivity index (χ0n) is 14.7. The van der Waals surface area contributed by atoms with Crippen LogP contribution in [0, 0.1) is 5.92 Å². The molecule has 1 saturated heterocycles. The van der Waals surface area contributed by atoms with Crippen LogP contribution < -0.4 is 16.8 Å². The van der Waals surface area contributed by atoms with E-state index in [1.807, 2.05) is 23.1 Å². The van der Waals surface area contributed by atoms with Gasteiger partial charge in [0.15, 0.2) is 0 Å². The molecule has 1 fully saturated rings. The van der Waals surface area contributed by atoms with Crippen molar-refractivity contribution < 1.29 is 9.59 Å². The lowest BCUT2D eigenvalue weighted by molar-refractivity contribution is -0.132. The summed E-state index contributed by atoms with van der Waals surface area (Å²) in [7, 11) is 0. The maximum Gasteiger partial charge on any atom is 0.312 e. The van der Waals surface area contributed by atoms with E-state index in [1.165, 1.54) is 5.56 Å². The molecule has 1 aromatic rings. The number of hydrogen-bond acceptors (Lipinski definition) is 3. The molecule has 5 N–H and O–H groups in total. The summed E-state index contributed by atoms with van der Waals surface area (Å²) < 4.78 is 0. The minimum absolute atomic E-state index is 0. The van der Waals surface area contributed by atoms with Gasteiger partial charge >= 0.3 is 6.03 Å². The largest absolute Gasteiger partial charge is 0.352 e. The van der Waals surface area contributed by atoms with Gasteiger partial charge in [0.25, 0.3) is 0 Å². The number of amides is 3. The number of nitrogens with zero attached hydrogens (tertiary/aromatic N) is 1. The Bertz CT molecular complexity index is 555. The van der Waals surface area contributed by atoms with Crippen LogP contribution in [0.5, 0.6) is 0 Å². The lowest BCUT2D eigenvalue weighted by Gasteiger charge is -2.24. The number of halogens is 1. The van der Waals surface area contributed by atoms with Crippen molar-refractivity contribution in [3.05, 3.63) is 35.9 Å². The zero-order valence-corrected chi connectivity index (χ0v) is 15.5. The fourth-order valence-corrected chi connectivity index (χ4v) is 3.43. The molecule has 1 unspecified atom stereocenters. The predicted molar refractivity (Wildman–Crippen MR) is 102 cm³/mol. The number of nitrogens with two attached hydrogens (primary N) is 2. The summed E-state index contributed by atoms with van der Waals surface area (Å²) in [5, 5.41) is 2.60. The smallest absolute Gasteiger partial charge is 0.312 e. The summed E-state index contributed by atoms with van der Waals surface area (Å²) in [5.41, 5.74) is 12.4. The molecule has 1 aromatic carbocycles. The Morgan fingerprint density at radius 1 is 1.28 bits per heavy atom. The molecule has 1 heterocycles. The molecule has 3 amide bonds. The van der Waals surface area contributed by atoms with Gasteiger partial charge in [0.05, 0.1) is 0 Å². The highest BCUT2D eigenvalue weighted by atomic mass is 35.5. The summed E-state index contributed by atoms with van der Waals surface area (Å²) in [4.78, 5) is 25.9. The molecule has 0 aliphatic carbocycles. The number of hydrogen-bond donors (Lipinski definition) is 3. The standard InChI is InChI=1S/C18H28N4O2.ClH/c1-2-3-9-16(21-18(20)24)17(23)22-11-14(10-19)15(12-22)13-7-5-4-6-8-13;/h4-8,14-16H,2-3,9-12,19H2,1H3,(H3,20,21,24);1H/t14-,15+,16?;/m1./s1. The number of benzene rings is 1. The number of primary amides is 1. The van der Waals surface area contributed by atoms with Crippen LogP contribution in [0.15, 0.2) is 30.3 Å². The Kier molecular flexibility index (Phi) is 8.72. The van der Waals surface area contributed by atoms with Gasteiger partial charge in [-0.05, 0) is 24.4 Å². The van der Waals surface area contributed by atoms with Gasteiger partial charge in [0, 0.05) is 19.0 Å². The number of rotatable bonds is 7. The predicted octanol–water partition coefficient (Wildman–Crippen LogP) is 1.84. The highest BCUT2D eigenvalue weighted by molar-refractivity contribution is 5.87. The average molecular weight is 369 g/mol. The maximum atomic E-state index is 12.8. The summed E-state index contributed by atoms with van der Waals surface area (Å²) in [6.45, 7) is 3.84. The Hall–Kier alpha value is -1.79. The van der Waals surface area contributed by atoms with Crippen molar-refractivity contribution in [2.75, 3.05) is 19.6 Å². The third-order valence-corrected chi connectivity index (χ3v) is 4.74. The monoisotopic (exact) mass is 368 g/mol. The lowest BCUT2D eigenvalue weighted by atomic mass is 9.89. The van der Waals surface area contributed by atoms with E-state index >= 15 is 0 Å². The van der Waals surface area contributed by atoms with Crippen LogP contribution in [0.1, 0.15) is 37.7 Å². The molecular weight excluding hydrogens is 340 g/mol. The first kappa shape index (κ1) is 21.3. The van der Waals surface area contributed by atoms with Gasteiger partial charge in [0.2, 0.25) is 5.91 Å². The van der Waals surface area contributed by atoms with Gasteiger partial charge in [-0.25, -0.2) is 4.79 Å². The normalized spacial score (nSPS) is 20.6. The van der Waals surface area contributed by atoms with Gasteiger partial charge in [-0.1, -0.05) is 50.1 Å². The van der Waals surface area contributed by atoms with Crippen LogP contribution in [0.2, 0.25) is 0 Å². The number of urea groups is 1. The van der Waals surface area contributed by atoms with E-state index in [-0.39, 0.29) is 30.2 Å².